The quantitative estimate of drug-likeness (QED) is 0.637. The first-order valence-corrected chi connectivity index (χ1v) is 9.45. The molecule has 3 rings (SSSR count). The van der Waals surface area contributed by atoms with Crippen molar-refractivity contribution in [3.8, 4) is 0 Å². The maximum absolute atomic E-state index is 12.0. The van der Waals surface area contributed by atoms with Crippen molar-refractivity contribution in [2.24, 2.45) is 11.8 Å². The Morgan fingerprint density at radius 3 is 2.65 bits per heavy atom. The number of carboxylic acids is 1. The third-order valence-corrected chi connectivity index (χ3v) is 5.40. The number of hydrogen-bond donors (Lipinski definition) is 3. The van der Waals surface area contributed by atoms with Gasteiger partial charge in [-0.1, -0.05) is 43.2 Å². The SMILES string of the molecule is O=C(O)C(CCCC1CCNCC1)[C@H](Cc1ccccc1)c1nnn[nH]1. The van der Waals surface area contributed by atoms with Gasteiger partial charge in [0.25, 0.3) is 0 Å². The van der Waals surface area contributed by atoms with E-state index in [0.29, 0.717) is 24.6 Å². The molecule has 2 atom stereocenters. The van der Waals surface area contributed by atoms with E-state index >= 15 is 0 Å². The van der Waals surface area contributed by atoms with E-state index in [9.17, 15) is 9.90 Å². The van der Waals surface area contributed by atoms with Crippen molar-refractivity contribution in [2.75, 3.05) is 13.1 Å². The van der Waals surface area contributed by atoms with Crippen molar-refractivity contribution < 1.29 is 9.90 Å². The average Bonchev–Trinajstić information content (AvgIpc) is 3.20. The van der Waals surface area contributed by atoms with Crippen LogP contribution < -0.4 is 5.32 Å². The van der Waals surface area contributed by atoms with Gasteiger partial charge in [-0.2, -0.15) is 0 Å². The van der Waals surface area contributed by atoms with Crippen molar-refractivity contribution in [2.45, 2.75) is 44.4 Å². The van der Waals surface area contributed by atoms with Gasteiger partial charge in [-0.05, 0) is 60.7 Å². The van der Waals surface area contributed by atoms with Crippen LogP contribution in [0.5, 0.6) is 0 Å². The summed E-state index contributed by atoms with van der Waals surface area (Å²) in [6, 6.07) is 9.94. The number of H-pyrrole nitrogens is 1. The summed E-state index contributed by atoms with van der Waals surface area (Å²) < 4.78 is 0. The molecule has 0 bridgehead atoms. The van der Waals surface area contributed by atoms with Crippen LogP contribution in [0.4, 0.5) is 0 Å². The number of aromatic nitrogens is 4. The van der Waals surface area contributed by atoms with E-state index in [-0.39, 0.29) is 5.92 Å². The minimum absolute atomic E-state index is 0.252. The lowest BCUT2D eigenvalue weighted by Crippen LogP contribution is -2.28. The molecule has 140 valence electrons. The number of carboxylic acid groups (broad SMARTS) is 1. The number of aromatic amines is 1. The molecule has 0 spiro atoms. The molecule has 1 aromatic carbocycles. The molecular weight excluding hydrogens is 330 g/mol. The molecule has 1 saturated heterocycles. The number of tetrazole rings is 1. The summed E-state index contributed by atoms with van der Waals surface area (Å²) in [5, 5.41) is 27.4. The molecule has 7 heteroatoms. The van der Waals surface area contributed by atoms with E-state index < -0.39 is 11.9 Å². The molecule has 7 nitrogen and oxygen atoms in total. The second-order valence-electron chi connectivity index (χ2n) is 7.15. The van der Waals surface area contributed by atoms with Crippen molar-refractivity contribution in [3.63, 3.8) is 0 Å². The Morgan fingerprint density at radius 2 is 2.00 bits per heavy atom. The molecule has 1 aromatic heterocycles. The lowest BCUT2D eigenvalue weighted by atomic mass is 9.81. The highest BCUT2D eigenvalue weighted by molar-refractivity contribution is 5.71. The molecule has 1 fully saturated rings. The van der Waals surface area contributed by atoms with E-state index in [1.54, 1.807) is 0 Å². The van der Waals surface area contributed by atoms with Gasteiger partial charge >= 0.3 is 5.97 Å². The molecule has 0 radical (unpaired) electrons. The fraction of sp³-hybridized carbons (Fsp3) is 0.579. The highest BCUT2D eigenvalue weighted by Gasteiger charge is 2.32. The number of benzene rings is 1. The minimum atomic E-state index is -0.771. The summed E-state index contributed by atoms with van der Waals surface area (Å²) in [5.74, 6) is -0.245. The lowest BCUT2D eigenvalue weighted by molar-refractivity contribution is -0.143. The first-order valence-electron chi connectivity index (χ1n) is 9.45. The highest BCUT2D eigenvalue weighted by atomic mass is 16.4. The van der Waals surface area contributed by atoms with Crippen LogP contribution in [0.25, 0.3) is 0 Å². The summed E-state index contributed by atoms with van der Waals surface area (Å²) >= 11 is 0. The number of nitrogens with one attached hydrogen (secondary N) is 2. The minimum Gasteiger partial charge on any atom is -0.481 e. The number of rotatable bonds is 9. The topological polar surface area (TPSA) is 104 Å². The maximum Gasteiger partial charge on any atom is 0.307 e. The Labute approximate surface area is 153 Å². The number of hydrogen-bond acceptors (Lipinski definition) is 5. The van der Waals surface area contributed by atoms with Gasteiger partial charge in [-0.15, -0.1) is 5.10 Å². The van der Waals surface area contributed by atoms with E-state index in [4.69, 9.17) is 0 Å². The molecule has 1 unspecified atom stereocenters. The molecule has 0 aliphatic carbocycles. The number of nitrogens with zero attached hydrogens (tertiary/aromatic N) is 3. The van der Waals surface area contributed by atoms with E-state index in [1.165, 1.54) is 12.8 Å². The molecule has 1 aliphatic rings. The summed E-state index contributed by atoms with van der Waals surface area (Å²) in [4.78, 5) is 12.0. The van der Waals surface area contributed by atoms with Crippen LogP contribution in [0, 0.1) is 11.8 Å². The van der Waals surface area contributed by atoms with Crippen LogP contribution in [0.2, 0.25) is 0 Å². The monoisotopic (exact) mass is 357 g/mol. The van der Waals surface area contributed by atoms with Crippen molar-refractivity contribution >= 4 is 5.97 Å². The van der Waals surface area contributed by atoms with Gasteiger partial charge in [0.15, 0.2) is 5.82 Å². The summed E-state index contributed by atoms with van der Waals surface area (Å²) in [6.45, 7) is 2.15. The Morgan fingerprint density at radius 1 is 1.23 bits per heavy atom. The Kier molecular flexibility index (Phi) is 6.71. The summed E-state index contributed by atoms with van der Waals surface area (Å²) in [7, 11) is 0. The van der Waals surface area contributed by atoms with Crippen LogP contribution in [0.15, 0.2) is 30.3 Å². The second kappa shape index (κ2) is 9.43. The van der Waals surface area contributed by atoms with Gasteiger partial charge in [0, 0.05) is 5.92 Å². The van der Waals surface area contributed by atoms with E-state index in [1.807, 2.05) is 30.3 Å². The van der Waals surface area contributed by atoms with Crippen LogP contribution in [0.3, 0.4) is 0 Å². The normalized spacial score (nSPS) is 17.7. The molecule has 2 heterocycles. The molecule has 3 N–H and O–H groups in total. The highest BCUT2D eigenvalue weighted by Crippen LogP contribution is 2.31. The number of piperidine rings is 1. The fourth-order valence-corrected chi connectivity index (χ4v) is 3.91. The first kappa shape index (κ1) is 18.5. The number of carbonyl (C=O) groups is 1. The molecule has 2 aromatic rings. The first-order chi connectivity index (χ1) is 12.7. The average molecular weight is 357 g/mol. The van der Waals surface area contributed by atoms with Crippen LogP contribution in [-0.4, -0.2) is 44.8 Å². The molecule has 0 amide bonds. The molecule has 26 heavy (non-hydrogen) atoms. The Balaban J connectivity index is 1.67. The second-order valence-corrected chi connectivity index (χ2v) is 7.15. The van der Waals surface area contributed by atoms with Gasteiger partial charge in [-0.3, -0.25) is 4.79 Å². The molecule has 0 saturated carbocycles. The maximum atomic E-state index is 12.0. The van der Waals surface area contributed by atoms with Gasteiger partial charge in [0.2, 0.25) is 0 Å². The summed E-state index contributed by atoms with van der Waals surface area (Å²) in [6.07, 6.45) is 5.67. The molecule has 1 aliphatic heterocycles. The van der Waals surface area contributed by atoms with Crippen molar-refractivity contribution in [3.05, 3.63) is 41.7 Å². The van der Waals surface area contributed by atoms with Crippen LogP contribution in [0.1, 0.15) is 49.4 Å². The lowest BCUT2D eigenvalue weighted by Gasteiger charge is -2.25. The van der Waals surface area contributed by atoms with Crippen molar-refractivity contribution in [1.29, 1.82) is 0 Å². The third kappa shape index (κ3) is 5.11. The third-order valence-electron chi connectivity index (χ3n) is 5.40. The largest absolute Gasteiger partial charge is 0.481 e. The Hall–Kier alpha value is -2.28. The fourth-order valence-electron chi connectivity index (χ4n) is 3.91. The van der Waals surface area contributed by atoms with Crippen molar-refractivity contribution in [1.82, 2.24) is 25.9 Å². The zero-order valence-electron chi connectivity index (χ0n) is 15.0. The zero-order chi connectivity index (χ0) is 18.2. The van der Waals surface area contributed by atoms with E-state index in [0.717, 1.165) is 31.5 Å². The predicted molar refractivity (Wildman–Crippen MR) is 97.6 cm³/mol. The standard InChI is InChI=1S/C19H27N5O2/c25-19(26)16(8-4-7-14-9-11-20-12-10-14)17(18-21-23-24-22-18)13-15-5-2-1-3-6-15/h1-3,5-6,14,16-17,20H,4,7-13H2,(H,25,26)(H,21,22,23,24)/t16?,17-/m0/s1. The molecular formula is C19H27N5O2. The van der Waals surface area contributed by atoms with Gasteiger partial charge in [-0.25, -0.2) is 5.10 Å². The smallest absolute Gasteiger partial charge is 0.307 e. The van der Waals surface area contributed by atoms with Crippen LogP contribution >= 0.6 is 0 Å². The van der Waals surface area contributed by atoms with Gasteiger partial charge in [0.05, 0.1) is 5.92 Å². The number of aliphatic carboxylic acids is 1. The predicted octanol–water partition coefficient (Wildman–Crippen LogP) is 2.40. The van der Waals surface area contributed by atoms with Gasteiger partial charge in [0.1, 0.15) is 0 Å². The summed E-state index contributed by atoms with van der Waals surface area (Å²) in [5.41, 5.74) is 1.10. The zero-order valence-corrected chi connectivity index (χ0v) is 15.0. The van der Waals surface area contributed by atoms with E-state index in [2.05, 4.69) is 25.9 Å². The Bertz CT molecular complexity index is 656. The van der Waals surface area contributed by atoms with Gasteiger partial charge < -0.3 is 10.4 Å². The van der Waals surface area contributed by atoms with Crippen LogP contribution in [-0.2, 0) is 11.2 Å².